The number of aromatic amines is 1. The third-order valence-electron chi connectivity index (χ3n) is 2.61. The Hall–Kier alpha value is -2.13. The van der Waals surface area contributed by atoms with Gasteiger partial charge in [-0.25, -0.2) is 8.42 Å². The van der Waals surface area contributed by atoms with Crippen LogP contribution >= 0.6 is 11.3 Å². The highest BCUT2D eigenvalue weighted by atomic mass is 32.2. The van der Waals surface area contributed by atoms with Gasteiger partial charge in [-0.05, 0) is 24.6 Å². The third-order valence-corrected chi connectivity index (χ3v) is 5.60. The normalized spacial score (nSPS) is 11.3. The molecule has 0 saturated heterocycles. The summed E-state index contributed by atoms with van der Waals surface area (Å²) in [5, 5.41) is 0. The molecule has 0 spiro atoms. The fourth-order valence-corrected chi connectivity index (χ4v) is 4.10. The van der Waals surface area contributed by atoms with Crippen LogP contribution in [0.3, 0.4) is 0 Å². The SMILES string of the molecule is Cc1[nH]c(=O)sc1S(=O)(=O)Nc1ccc(CC(N)=O)cc1. The molecule has 0 aliphatic heterocycles. The molecule has 0 saturated carbocycles. The van der Waals surface area contributed by atoms with Gasteiger partial charge in [0.25, 0.3) is 10.0 Å². The zero-order chi connectivity index (χ0) is 15.6. The number of anilines is 1. The Kier molecular flexibility index (Phi) is 4.14. The molecule has 7 nitrogen and oxygen atoms in total. The number of thiazole rings is 1. The van der Waals surface area contributed by atoms with Crippen molar-refractivity contribution in [3.63, 3.8) is 0 Å². The molecule has 0 fully saturated rings. The molecular formula is C12H13N3O4S2. The first-order chi connectivity index (χ1) is 9.78. The van der Waals surface area contributed by atoms with E-state index in [0.717, 1.165) is 0 Å². The number of H-pyrrole nitrogens is 1. The minimum absolute atomic E-state index is 0.0475. The summed E-state index contributed by atoms with van der Waals surface area (Å²) in [4.78, 5) is 24.0. The van der Waals surface area contributed by atoms with Crippen molar-refractivity contribution in [1.29, 1.82) is 0 Å². The van der Waals surface area contributed by atoms with Gasteiger partial charge in [-0.2, -0.15) is 0 Å². The van der Waals surface area contributed by atoms with Crippen LogP contribution in [0.4, 0.5) is 5.69 Å². The van der Waals surface area contributed by atoms with Crippen molar-refractivity contribution in [2.45, 2.75) is 17.6 Å². The minimum atomic E-state index is -3.81. The van der Waals surface area contributed by atoms with Crippen LogP contribution in [0, 0.1) is 6.92 Å². The largest absolute Gasteiger partial charge is 0.369 e. The number of nitrogens with two attached hydrogens (primary N) is 1. The molecule has 1 aromatic carbocycles. The summed E-state index contributed by atoms with van der Waals surface area (Å²) in [7, 11) is -3.81. The van der Waals surface area contributed by atoms with Crippen LogP contribution in [0.1, 0.15) is 11.3 Å². The van der Waals surface area contributed by atoms with E-state index in [1.165, 1.54) is 19.1 Å². The molecule has 0 aliphatic carbocycles. The highest BCUT2D eigenvalue weighted by Crippen LogP contribution is 2.20. The molecule has 0 radical (unpaired) electrons. The van der Waals surface area contributed by atoms with Crippen molar-refractivity contribution in [2.24, 2.45) is 5.73 Å². The molecule has 9 heteroatoms. The predicted molar refractivity (Wildman–Crippen MR) is 79.8 cm³/mol. The van der Waals surface area contributed by atoms with E-state index in [2.05, 4.69) is 9.71 Å². The molecule has 1 heterocycles. The summed E-state index contributed by atoms with van der Waals surface area (Å²) in [6, 6.07) is 6.27. The molecule has 2 aromatic rings. The summed E-state index contributed by atoms with van der Waals surface area (Å²) in [6.45, 7) is 1.52. The molecule has 0 bridgehead atoms. The number of hydrogen-bond acceptors (Lipinski definition) is 5. The van der Waals surface area contributed by atoms with Gasteiger partial charge in [0.2, 0.25) is 5.91 Å². The molecule has 0 aliphatic rings. The van der Waals surface area contributed by atoms with Crippen LogP contribution in [0.5, 0.6) is 0 Å². The van der Waals surface area contributed by atoms with Crippen molar-refractivity contribution in [3.8, 4) is 0 Å². The molecule has 21 heavy (non-hydrogen) atoms. The van der Waals surface area contributed by atoms with Crippen molar-refractivity contribution in [3.05, 3.63) is 45.2 Å². The van der Waals surface area contributed by atoms with Gasteiger partial charge in [0.1, 0.15) is 0 Å². The van der Waals surface area contributed by atoms with Crippen molar-refractivity contribution in [1.82, 2.24) is 4.98 Å². The Morgan fingerprint density at radius 1 is 1.33 bits per heavy atom. The number of carbonyl (C=O) groups is 1. The average Bonchev–Trinajstić information content (AvgIpc) is 2.71. The quantitative estimate of drug-likeness (QED) is 0.743. The first-order valence-corrected chi connectivity index (χ1v) is 8.17. The van der Waals surface area contributed by atoms with Gasteiger partial charge < -0.3 is 10.7 Å². The van der Waals surface area contributed by atoms with Gasteiger partial charge in [-0.1, -0.05) is 23.5 Å². The Morgan fingerprint density at radius 3 is 2.43 bits per heavy atom. The number of carbonyl (C=O) groups excluding carboxylic acids is 1. The fraction of sp³-hybridized carbons (Fsp3) is 0.167. The van der Waals surface area contributed by atoms with E-state index in [1.807, 2.05) is 0 Å². The number of sulfonamides is 1. The summed E-state index contributed by atoms with van der Waals surface area (Å²) < 4.78 is 26.7. The lowest BCUT2D eigenvalue weighted by Crippen LogP contribution is -2.14. The fourth-order valence-electron chi connectivity index (χ4n) is 1.74. The second-order valence-corrected chi connectivity index (χ2v) is 7.23. The van der Waals surface area contributed by atoms with Gasteiger partial charge in [0, 0.05) is 11.4 Å². The first kappa shape index (κ1) is 15.3. The van der Waals surface area contributed by atoms with Gasteiger partial charge >= 0.3 is 4.87 Å². The lowest BCUT2D eigenvalue weighted by Gasteiger charge is -2.07. The standard InChI is InChI=1S/C12H13N3O4S2/c1-7-11(20-12(17)14-7)21(18,19)15-9-4-2-8(3-5-9)6-10(13)16/h2-5,15H,6H2,1H3,(H2,13,16)(H,14,17). The van der Waals surface area contributed by atoms with E-state index in [9.17, 15) is 18.0 Å². The smallest absolute Gasteiger partial charge is 0.306 e. The molecule has 112 valence electrons. The van der Waals surface area contributed by atoms with Crippen LogP contribution in [-0.2, 0) is 21.2 Å². The number of rotatable bonds is 5. The molecular weight excluding hydrogens is 314 g/mol. The maximum absolute atomic E-state index is 12.2. The van der Waals surface area contributed by atoms with Crippen molar-refractivity contribution < 1.29 is 13.2 Å². The maximum Gasteiger partial charge on any atom is 0.306 e. The number of nitrogens with one attached hydrogen (secondary N) is 2. The lowest BCUT2D eigenvalue weighted by molar-refractivity contribution is -0.117. The summed E-state index contributed by atoms with van der Waals surface area (Å²) in [6.07, 6.45) is 0.0889. The zero-order valence-corrected chi connectivity index (χ0v) is 12.7. The molecule has 1 amide bonds. The number of aromatic nitrogens is 1. The van der Waals surface area contributed by atoms with Crippen LogP contribution in [0.15, 0.2) is 33.3 Å². The predicted octanol–water partition coefficient (Wildman–Crippen LogP) is 0.573. The lowest BCUT2D eigenvalue weighted by atomic mass is 10.1. The number of amides is 1. The van der Waals surface area contributed by atoms with E-state index < -0.39 is 20.8 Å². The average molecular weight is 327 g/mol. The van der Waals surface area contributed by atoms with E-state index in [4.69, 9.17) is 5.73 Å². The third kappa shape index (κ3) is 3.70. The summed E-state index contributed by atoms with van der Waals surface area (Å²) >= 11 is 0.629. The first-order valence-electron chi connectivity index (χ1n) is 5.88. The van der Waals surface area contributed by atoms with E-state index >= 15 is 0 Å². The maximum atomic E-state index is 12.2. The van der Waals surface area contributed by atoms with Gasteiger partial charge in [0.15, 0.2) is 4.21 Å². The summed E-state index contributed by atoms with van der Waals surface area (Å²) in [5.74, 6) is -0.462. The Morgan fingerprint density at radius 2 is 1.95 bits per heavy atom. The molecule has 1 aromatic heterocycles. The highest BCUT2D eigenvalue weighted by Gasteiger charge is 2.20. The van der Waals surface area contributed by atoms with Crippen LogP contribution < -0.4 is 15.3 Å². The topological polar surface area (TPSA) is 122 Å². The monoisotopic (exact) mass is 327 g/mol. The van der Waals surface area contributed by atoms with E-state index in [0.29, 0.717) is 28.3 Å². The minimum Gasteiger partial charge on any atom is -0.369 e. The highest BCUT2D eigenvalue weighted by molar-refractivity contribution is 7.94. The van der Waals surface area contributed by atoms with Gasteiger partial charge in [-0.15, -0.1) is 0 Å². The number of hydrogen-bond donors (Lipinski definition) is 3. The Balaban J connectivity index is 2.23. The second-order valence-electron chi connectivity index (χ2n) is 4.37. The number of primary amides is 1. The zero-order valence-electron chi connectivity index (χ0n) is 11.0. The number of aryl methyl sites for hydroxylation is 1. The van der Waals surface area contributed by atoms with Crippen LogP contribution in [0.2, 0.25) is 0 Å². The Labute approximate surface area is 124 Å². The van der Waals surface area contributed by atoms with Crippen LogP contribution in [0.25, 0.3) is 0 Å². The number of benzene rings is 1. The van der Waals surface area contributed by atoms with Gasteiger partial charge in [0.05, 0.1) is 6.42 Å². The van der Waals surface area contributed by atoms with Crippen LogP contribution in [-0.4, -0.2) is 19.3 Å². The molecule has 2 rings (SSSR count). The second kappa shape index (κ2) is 5.70. The van der Waals surface area contributed by atoms with Crippen molar-refractivity contribution >= 4 is 33.0 Å². The van der Waals surface area contributed by atoms with E-state index in [-0.39, 0.29) is 10.6 Å². The van der Waals surface area contributed by atoms with E-state index in [1.54, 1.807) is 12.1 Å². The molecule has 4 N–H and O–H groups in total. The van der Waals surface area contributed by atoms with Gasteiger partial charge in [-0.3, -0.25) is 14.3 Å². The molecule has 0 unspecified atom stereocenters. The van der Waals surface area contributed by atoms with Crippen molar-refractivity contribution in [2.75, 3.05) is 4.72 Å². The molecule has 0 atom stereocenters. The summed E-state index contributed by atoms with van der Waals surface area (Å²) in [5.41, 5.74) is 6.40. The Bertz CT molecular complexity index is 819.